The molecule has 1 heterocycles. The van der Waals surface area contributed by atoms with Gasteiger partial charge in [0.25, 0.3) is 0 Å². The van der Waals surface area contributed by atoms with Gasteiger partial charge in [-0.1, -0.05) is 47.5 Å². The number of nitrogens with zero attached hydrogens (tertiary/aromatic N) is 2. The number of allylic oxidation sites excluding steroid dienone is 1. The zero-order valence-electron chi connectivity index (χ0n) is 15.4. The first-order chi connectivity index (χ1) is 14.5. The predicted octanol–water partition coefficient (Wildman–Crippen LogP) is 6.92. The minimum Gasteiger partial charge on any atom is -0.486 e. The molecule has 0 amide bonds. The quantitative estimate of drug-likeness (QED) is 0.317. The van der Waals surface area contributed by atoms with Crippen LogP contribution in [0.25, 0.3) is 22.7 Å². The number of oxazole rings is 1. The molecule has 1 aromatic heterocycles. The highest BCUT2D eigenvalue weighted by atomic mass is 35.5. The number of para-hydroxylation sites is 2. The lowest BCUT2D eigenvalue weighted by atomic mass is 10.1. The number of rotatable bonds is 5. The Balaban J connectivity index is 1.60. The van der Waals surface area contributed by atoms with E-state index in [1.807, 2.05) is 12.1 Å². The normalized spacial score (nSPS) is 11.5. The van der Waals surface area contributed by atoms with Crippen LogP contribution in [0.1, 0.15) is 17.0 Å². The van der Waals surface area contributed by atoms with Gasteiger partial charge in [0.15, 0.2) is 11.3 Å². The summed E-state index contributed by atoms with van der Waals surface area (Å²) >= 11 is 12.7. The largest absolute Gasteiger partial charge is 0.486 e. The molecule has 0 aliphatic heterocycles. The maximum absolute atomic E-state index is 13.3. The SMILES string of the molecule is N#C/C(=C\c1cc(Cl)c(OCc2cccc(F)c2)c(Cl)c1)c1nc2ccccc2o1. The Morgan fingerprint density at radius 2 is 1.87 bits per heavy atom. The molecule has 4 aromatic rings. The topological polar surface area (TPSA) is 59.0 Å². The molecule has 0 radical (unpaired) electrons. The zero-order valence-corrected chi connectivity index (χ0v) is 16.9. The van der Waals surface area contributed by atoms with Crippen molar-refractivity contribution in [3.05, 3.63) is 93.5 Å². The molecule has 0 saturated heterocycles. The van der Waals surface area contributed by atoms with Gasteiger partial charge in [-0.3, -0.25) is 0 Å². The maximum atomic E-state index is 13.3. The minimum absolute atomic E-state index is 0.110. The van der Waals surface area contributed by atoms with Gasteiger partial charge in [-0.05, 0) is 53.6 Å². The highest BCUT2D eigenvalue weighted by Gasteiger charge is 2.13. The molecule has 148 valence electrons. The van der Waals surface area contributed by atoms with Crippen LogP contribution in [0.4, 0.5) is 4.39 Å². The zero-order chi connectivity index (χ0) is 21.1. The van der Waals surface area contributed by atoms with E-state index in [0.717, 1.165) is 0 Å². The van der Waals surface area contributed by atoms with E-state index in [1.54, 1.807) is 42.5 Å². The summed E-state index contributed by atoms with van der Waals surface area (Å²) in [5.41, 5.74) is 2.71. The van der Waals surface area contributed by atoms with E-state index >= 15 is 0 Å². The van der Waals surface area contributed by atoms with Gasteiger partial charge >= 0.3 is 0 Å². The van der Waals surface area contributed by atoms with E-state index in [9.17, 15) is 9.65 Å². The molecular weight excluding hydrogens is 426 g/mol. The summed E-state index contributed by atoms with van der Waals surface area (Å²) in [7, 11) is 0. The van der Waals surface area contributed by atoms with Crippen molar-refractivity contribution in [2.75, 3.05) is 0 Å². The van der Waals surface area contributed by atoms with Crippen molar-refractivity contribution in [1.82, 2.24) is 4.98 Å². The summed E-state index contributed by atoms with van der Waals surface area (Å²) in [5.74, 6) is 0.134. The predicted molar refractivity (Wildman–Crippen MR) is 115 cm³/mol. The number of halogens is 3. The molecule has 0 spiro atoms. The summed E-state index contributed by atoms with van der Waals surface area (Å²) in [6, 6.07) is 18.6. The molecule has 0 unspecified atom stereocenters. The third-order valence-corrected chi connectivity index (χ3v) is 4.81. The van der Waals surface area contributed by atoms with Crippen molar-refractivity contribution in [2.24, 2.45) is 0 Å². The Morgan fingerprint density at radius 1 is 1.10 bits per heavy atom. The number of hydrogen-bond acceptors (Lipinski definition) is 4. The second kappa shape index (κ2) is 8.58. The van der Waals surface area contributed by atoms with E-state index in [-0.39, 0.29) is 39.7 Å². The first-order valence-electron chi connectivity index (χ1n) is 8.87. The summed E-state index contributed by atoms with van der Waals surface area (Å²) in [5, 5.41) is 10.1. The van der Waals surface area contributed by atoms with Crippen LogP contribution in [0.3, 0.4) is 0 Å². The van der Waals surface area contributed by atoms with E-state index < -0.39 is 0 Å². The van der Waals surface area contributed by atoms with Crippen LogP contribution >= 0.6 is 23.2 Å². The molecule has 0 aliphatic carbocycles. The molecule has 7 heteroatoms. The summed E-state index contributed by atoms with van der Waals surface area (Å²) < 4.78 is 24.6. The highest BCUT2D eigenvalue weighted by molar-refractivity contribution is 6.37. The molecule has 0 atom stereocenters. The lowest BCUT2D eigenvalue weighted by Crippen LogP contribution is -1.97. The number of hydrogen-bond donors (Lipinski definition) is 0. The van der Waals surface area contributed by atoms with Crippen molar-refractivity contribution < 1.29 is 13.5 Å². The second-order valence-electron chi connectivity index (χ2n) is 6.39. The molecule has 0 saturated carbocycles. The van der Waals surface area contributed by atoms with Gasteiger partial charge in [-0.2, -0.15) is 5.26 Å². The Labute approximate surface area is 181 Å². The van der Waals surface area contributed by atoms with Crippen LogP contribution in [-0.2, 0) is 6.61 Å². The van der Waals surface area contributed by atoms with Gasteiger partial charge in [0.2, 0.25) is 5.89 Å². The van der Waals surface area contributed by atoms with Crippen molar-refractivity contribution in [1.29, 1.82) is 5.26 Å². The first-order valence-corrected chi connectivity index (χ1v) is 9.63. The van der Waals surface area contributed by atoms with E-state index in [4.69, 9.17) is 32.4 Å². The highest BCUT2D eigenvalue weighted by Crippen LogP contribution is 2.36. The molecule has 4 rings (SSSR count). The van der Waals surface area contributed by atoms with Crippen LogP contribution in [-0.4, -0.2) is 4.98 Å². The van der Waals surface area contributed by atoms with Gasteiger partial charge in [0.05, 0.1) is 10.0 Å². The smallest absolute Gasteiger partial charge is 0.238 e. The minimum atomic E-state index is -0.350. The Hall–Kier alpha value is -3.33. The summed E-state index contributed by atoms with van der Waals surface area (Å²) in [4.78, 5) is 4.33. The molecule has 4 nitrogen and oxygen atoms in total. The van der Waals surface area contributed by atoms with Crippen molar-refractivity contribution in [2.45, 2.75) is 6.61 Å². The number of nitriles is 1. The number of benzene rings is 3. The molecule has 0 N–H and O–H groups in total. The lowest BCUT2D eigenvalue weighted by Gasteiger charge is -2.11. The van der Waals surface area contributed by atoms with Gasteiger partial charge in [-0.25, -0.2) is 9.37 Å². The molecule has 0 bridgehead atoms. The van der Waals surface area contributed by atoms with Crippen LogP contribution in [0.5, 0.6) is 5.75 Å². The van der Waals surface area contributed by atoms with Gasteiger partial charge < -0.3 is 9.15 Å². The van der Waals surface area contributed by atoms with Crippen LogP contribution in [0.2, 0.25) is 10.0 Å². The third kappa shape index (κ3) is 4.30. The third-order valence-electron chi connectivity index (χ3n) is 4.25. The molecule has 0 aliphatic rings. The number of fused-ring (bicyclic) bond motifs is 1. The van der Waals surface area contributed by atoms with Crippen molar-refractivity contribution in [3.63, 3.8) is 0 Å². The van der Waals surface area contributed by atoms with Crippen molar-refractivity contribution in [3.8, 4) is 11.8 Å². The molecule has 30 heavy (non-hydrogen) atoms. The average Bonchev–Trinajstić information content (AvgIpc) is 3.15. The fourth-order valence-electron chi connectivity index (χ4n) is 2.88. The summed E-state index contributed by atoms with van der Waals surface area (Å²) in [6.45, 7) is 0.110. The molecule has 3 aromatic carbocycles. The van der Waals surface area contributed by atoms with E-state index in [0.29, 0.717) is 22.2 Å². The first kappa shape index (κ1) is 20.0. The number of aromatic nitrogens is 1. The van der Waals surface area contributed by atoms with E-state index in [1.165, 1.54) is 12.1 Å². The van der Waals surface area contributed by atoms with Crippen molar-refractivity contribution >= 4 is 46.0 Å². The Kier molecular flexibility index (Phi) is 5.71. The summed E-state index contributed by atoms with van der Waals surface area (Å²) in [6.07, 6.45) is 1.58. The fraction of sp³-hybridized carbons (Fsp3) is 0.0435. The van der Waals surface area contributed by atoms with Crippen LogP contribution < -0.4 is 4.74 Å². The lowest BCUT2D eigenvalue weighted by molar-refractivity contribution is 0.306. The fourth-order valence-corrected chi connectivity index (χ4v) is 3.49. The van der Waals surface area contributed by atoms with E-state index in [2.05, 4.69) is 11.1 Å². The van der Waals surface area contributed by atoms with Crippen LogP contribution in [0.15, 0.2) is 65.1 Å². The Morgan fingerprint density at radius 3 is 2.57 bits per heavy atom. The van der Waals surface area contributed by atoms with Gasteiger partial charge in [0, 0.05) is 0 Å². The monoisotopic (exact) mass is 438 g/mol. The van der Waals surface area contributed by atoms with Gasteiger partial charge in [-0.15, -0.1) is 0 Å². The number of ether oxygens (including phenoxy) is 1. The standard InChI is InChI=1S/C23H13Cl2FN2O2/c24-18-10-15(8-16(12-27)23-28-20-6-1-2-7-21(20)30-23)11-19(25)22(18)29-13-14-4-3-5-17(26)9-14/h1-11H,13H2/b16-8+. The van der Waals surface area contributed by atoms with Crippen LogP contribution in [0, 0.1) is 17.1 Å². The maximum Gasteiger partial charge on any atom is 0.238 e. The van der Waals surface area contributed by atoms with Gasteiger partial charge in [0.1, 0.15) is 29.6 Å². The Bertz CT molecular complexity index is 1250. The molecular formula is C23H13Cl2FN2O2. The second-order valence-corrected chi connectivity index (χ2v) is 7.20. The molecule has 0 fully saturated rings. The average molecular weight is 439 g/mol.